The lowest BCUT2D eigenvalue weighted by Crippen LogP contribution is -2.63. The molecule has 0 fully saturated rings. The second-order valence-electron chi connectivity index (χ2n) is 6.22. The van der Waals surface area contributed by atoms with Crippen LogP contribution in [0.5, 0.6) is 0 Å². The number of benzene rings is 2. The van der Waals surface area contributed by atoms with Crippen LogP contribution >= 0.6 is 0 Å². The summed E-state index contributed by atoms with van der Waals surface area (Å²) in [6, 6.07) is 22.6. The van der Waals surface area contributed by atoms with Crippen molar-refractivity contribution in [3.05, 3.63) is 60.7 Å². The first kappa shape index (κ1) is 16.0. The predicted molar refractivity (Wildman–Crippen MR) is 97.3 cm³/mol. The average molecular weight is 297 g/mol. The maximum Gasteiger partial charge on any atom is 0.123 e. The van der Waals surface area contributed by atoms with Crippen molar-refractivity contribution in [3.8, 4) is 0 Å². The minimum absolute atomic E-state index is 0.747. The van der Waals surface area contributed by atoms with Gasteiger partial charge in [-0.15, -0.1) is 0 Å². The monoisotopic (exact) mass is 296 g/mol. The molecule has 0 bridgehead atoms. The minimum atomic E-state index is -1.75. The summed E-state index contributed by atoms with van der Waals surface area (Å²) >= 11 is 0. The van der Waals surface area contributed by atoms with Crippen LogP contribution in [0.15, 0.2) is 60.7 Å². The third-order valence-corrected chi connectivity index (χ3v) is 11.8. The summed E-state index contributed by atoms with van der Waals surface area (Å²) in [6.45, 7) is 9.64. The molecule has 0 radical (unpaired) electrons. The van der Waals surface area contributed by atoms with Crippen LogP contribution in [0, 0.1) is 0 Å². The van der Waals surface area contributed by atoms with E-state index < -0.39 is 8.07 Å². The Morgan fingerprint density at radius 1 is 0.667 bits per heavy atom. The molecule has 0 aliphatic carbocycles. The molecule has 0 aromatic heterocycles. The highest BCUT2D eigenvalue weighted by molar-refractivity contribution is 7.04. The van der Waals surface area contributed by atoms with E-state index in [0.29, 0.717) is 0 Å². The molecular formula is C20H28Si. The number of rotatable bonds is 6. The van der Waals surface area contributed by atoms with Gasteiger partial charge in [-0.2, -0.15) is 0 Å². The van der Waals surface area contributed by atoms with E-state index in [1.54, 1.807) is 10.4 Å². The van der Waals surface area contributed by atoms with Crippen LogP contribution in [0.4, 0.5) is 0 Å². The van der Waals surface area contributed by atoms with Gasteiger partial charge in [0.1, 0.15) is 8.07 Å². The molecule has 0 saturated heterocycles. The van der Waals surface area contributed by atoms with E-state index in [4.69, 9.17) is 0 Å². The molecule has 112 valence electrons. The molecular weight excluding hydrogens is 268 g/mol. The molecule has 2 atom stereocenters. The Morgan fingerprint density at radius 3 is 1.29 bits per heavy atom. The molecule has 2 rings (SSSR count). The summed E-state index contributed by atoms with van der Waals surface area (Å²) in [5.41, 5.74) is 1.49. The molecule has 2 aromatic carbocycles. The zero-order chi connectivity index (χ0) is 15.3. The zero-order valence-electron chi connectivity index (χ0n) is 13.8. The second kappa shape index (κ2) is 7.08. The van der Waals surface area contributed by atoms with E-state index in [1.165, 1.54) is 12.8 Å². The summed E-state index contributed by atoms with van der Waals surface area (Å²) in [7, 11) is -1.75. The highest BCUT2D eigenvalue weighted by atomic mass is 28.3. The molecule has 0 amide bonds. The smallest absolute Gasteiger partial charge is 0.0654 e. The third kappa shape index (κ3) is 2.84. The van der Waals surface area contributed by atoms with Crippen LogP contribution in [0.2, 0.25) is 11.1 Å². The first-order valence-electron chi connectivity index (χ1n) is 8.28. The van der Waals surface area contributed by atoms with Crippen molar-refractivity contribution in [1.29, 1.82) is 0 Å². The fourth-order valence-corrected chi connectivity index (χ4v) is 10.2. The van der Waals surface area contributed by atoms with Gasteiger partial charge in [-0.3, -0.25) is 0 Å². The Morgan fingerprint density at radius 2 is 1.00 bits per heavy atom. The highest BCUT2D eigenvalue weighted by Gasteiger charge is 2.45. The van der Waals surface area contributed by atoms with Crippen molar-refractivity contribution in [2.45, 2.75) is 51.6 Å². The molecule has 2 unspecified atom stereocenters. The van der Waals surface area contributed by atoms with E-state index in [9.17, 15) is 0 Å². The van der Waals surface area contributed by atoms with E-state index in [-0.39, 0.29) is 0 Å². The van der Waals surface area contributed by atoms with Gasteiger partial charge in [0.2, 0.25) is 0 Å². The molecule has 0 spiro atoms. The lowest BCUT2D eigenvalue weighted by molar-refractivity contribution is 0.775. The van der Waals surface area contributed by atoms with Crippen LogP contribution in [-0.4, -0.2) is 8.07 Å². The summed E-state index contributed by atoms with van der Waals surface area (Å²) in [5, 5.41) is 3.19. The Kier molecular flexibility index (Phi) is 5.41. The first-order chi connectivity index (χ1) is 10.2. The van der Waals surface area contributed by atoms with Crippen LogP contribution in [-0.2, 0) is 0 Å². The zero-order valence-corrected chi connectivity index (χ0v) is 14.8. The van der Waals surface area contributed by atoms with Crippen molar-refractivity contribution < 1.29 is 0 Å². The fraction of sp³-hybridized carbons (Fsp3) is 0.400. The molecule has 2 aromatic rings. The van der Waals surface area contributed by atoms with Gasteiger partial charge in [-0.1, -0.05) is 112 Å². The lowest BCUT2D eigenvalue weighted by atomic mass is 10.3. The van der Waals surface area contributed by atoms with Crippen molar-refractivity contribution in [2.24, 2.45) is 0 Å². The standard InChI is InChI=1S/C20H28Si/c1-5-17(3)21(18(4)6-2,19-13-9-7-10-14-19)20-15-11-8-12-16-20/h7-18H,5-6H2,1-4H3. The van der Waals surface area contributed by atoms with Gasteiger partial charge in [-0.25, -0.2) is 0 Å². The van der Waals surface area contributed by atoms with E-state index in [2.05, 4.69) is 88.4 Å². The molecule has 0 heterocycles. The Bertz CT molecular complexity index is 481. The second-order valence-corrected chi connectivity index (χ2v) is 11.1. The normalized spacial score (nSPS) is 14.7. The predicted octanol–water partition coefficient (Wildman–Crippen LogP) is 4.85. The highest BCUT2D eigenvalue weighted by Crippen LogP contribution is 2.36. The average Bonchev–Trinajstić information content (AvgIpc) is 2.57. The van der Waals surface area contributed by atoms with Gasteiger partial charge in [0.05, 0.1) is 0 Å². The molecule has 0 aliphatic heterocycles. The van der Waals surface area contributed by atoms with Gasteiger partial charge in [0.15, 0.2) is 0 Å². The van der Waals surface area contributed by atoms with Crippen molar-refractivity contribution >= 4 is 18.4 Å². The van der Waals surface area contributed by atoms with Gasteiger partial charge in [-0.05, 0) is 11.1 Å². The summed E-state index contributed by atoms with van der Waals surface area (Å²) in [6.07, 6.45) is 2.50. The SMILES string of the molecule is CCC(C)[Si](c1ccccc1)(c1ccccc1)C(C)CC. The number of hydrogen-bond acceptors (Lipinski definition) is 0. The molecule has 0 saturated carbocycles. The van der Waals surface area contributed by atoms with E-state index in [0.717, 1.165) is 11.1 Å². The Balaban J connectivity index is 2.72. The van der Waals surface area contributed by atoms with Crippen molar-refractivity contribution in [3.63, 3.8) is 0 Å². The maximum atomic E-state index is 2.47. The molecule has 0 nitrogen and oxygen atoms in total. The Labute approximate surface area is 131 Å². The summed E-state index contributed by atoms with van der Waals surface area (Å²) in [5.74, 6) is 0. The van der Waals surface area contributed by atoms with Gasteiger partial charge >= 0.3 is 0 Å². The van der Waals surface area contributed by atoms with Crippen LogP contribution in [0.25, 0.3) is 0 Å². The summed E-state index contributed by atoms with van der Waals surface area (Å²) in [4.78, 5) is 0. The third-order valence-electron chi connectivity index (χ3n) is 5.28. The van der Waals surface area contributed by atoms with Gasteiger partial charge in [0, 0.05) is 0 Å². The first-order valence-corrected chi connectivity index (χ1v) is 10.4. The van der Waals surface area contributed by atoms with Gasteiger partial charge in [0.25, 0.3) is 0 Å². The topological polar surface area (TPSA) is 0 Å². The molecule has 21 heavy (non-hydrogen) atoms. The van der Waals surface area contributed by atoms with E-state index in [1.807, 2.05) is 0 Å². The van der Waals surface area contributed by atoms with Crippen molar-refractivity contribution in [2.75, 3.05) is 0 Å². The van der Waals surface area contributed by atoms with Crippen LogP contribution in [0.1, 0.15) is 40.5 Å². The minimum Gasteiger partial charge on any atom is -0.0654 e. The molecule has 0 N–H and O–H groups in total. The Hall–Kier alpha value is -1.34. The maximum absolute atomic E-state index is 2.47. The van der Waals surface area contributed by atoms with Gasteiger partial charge < -0.3 is 0 Å². The lowest BCUT2D eigenvalue weighted by Gasteiger charge is -2.43. The van der Waals surface area contributed by atoms with Crippen molar-refractivity contribution in [1.82, 2.24) is 0 Å². The van der Waals surface area contributed by atoms with Crippen LogP contribution < -0.4 is 10.4 Å². The largest absolute Gasteiger partial charge is 0.123 e. The fourth-order valence-electron chi connectivity index (χ4n) is 3.86. The number of hydrogen-bond donors (Lipinski definition) is 0. The molecule has 0 aliphatic rings. The van der Waals surface area contributed by atoms with E-state index >= 15 is 0 Å². The summed E-state index contributed by atoms with van der Waals surface area (Å²) < 4.78 is 0. The quantitative estimate of drug-likeness (QED) is 0.668. The molecule has 1 heteroatoms. The van der Waals surface area contributed by atoms with Crippen LogP contribution in [0.3, 0.4) is 0 Å².